The van der Waals surface area contributed by atoms with Gasteiger partial charge in [0.05, 0.1) is 18.8 Å². The third kappa shape index (κ3) is 3.77. The summed E-state index contributed by atoms with van der Waals surface area (Å²) in [6.45, 7) is 1.24. The van der Waals surface area contributed by atoms with Gasteiger partial charge in [-0.3, -0.25) is 9.78 Å². The molecule has 20 heavy (non-hydrogen) atoms. The predicted octanol–water partition coefficient (Wildman–Crippen LogP) is 1.17. The lowest BCUT2D eigenvalue weighted by molar-refractivity contribution is 0.0168. The number of esters is 1. The Morgan fingerprint density at radius 3 is 2.90 bits per heavy atom. The van der Waals surface area contributed by atoms with Gasteiger partial charge in [0, 0.05) is 19.3 Å². The molecule has 2 rings (SSSR count). The van der Waals surface area contributed by atoms with E-state index in [4.69, 9.17) is 4.74 Å². The number of ether oxygens (including phenoxy) is 2. The number of hydrogen-bond donors (Lipinski definition) is 1. The zero-order valence-corrected chi connectivity index (χ0v) is 11.4. The molecule has 6 nitrogen and oxygen atoms in total. The molecule has 1 atom stereocenters. The summed E-state index contributed by atoms with van der Waals surface area (Å²) in [7, 11) is 1.30. The van der Waals surface area contributed by atoms with Crippen LogP contribution in [0.15, 0.2) is 18.3 Å². The summed E-state index contributed by atoms with van der Waals surface area (Å²) >= 11 is 0. The molecular weight excluding hydrogens is 260 g/mol. The number of carbonyl (C=O) groups is 2. The van der Waals surface area contributed by atoms with E-state index in [1.54, 1.807) is 0 Å². The van der Waals surface area contributed by atoms with Gasteiger partial charge in [0.1, 0.15) is 5.69 Å². The van der Waals surface area contributed by atoms with Gasteiger partial charge in [0.2, 0.25) is 0 Å². The maximum absolute atomic E-state index is 11.9. The highest BCUT2D eigenvalue weighted by Gasteiger charge is 2.16. The van der Waals surface area contributed by atoms with Crippen LogP contribution in [0.5, 0.6) is 0 Å². The van der Waals surface area contributed by atoms with Crippen molar-refractivity contribution in [3.05, 3.63) is 29.6 Å². The third-order valence-electron chi connectivity index (χ3n) is 3.18. The second-order valence-electron chi connectivity index (χ2n) is 4.62. The van der Waals surface area contributed by atoms with Gasteiger partial charge in [-0.05, 0) is 31.4 Å². The summed E-state index contributed by atoms with van der Waals surface area (Å²) in [6, 6.07) is 3.02. The van der Waals surface area contributed by atoms with Crippen LogP contribution >= 0.6 is 0 Å². The monoisotopic (exact) mass is 278 g/mol. The molecule has 108 valence electrons. The molecule has 0 unspecified atom stereocenters. The highest BCUT2D eigenvalue weighted by molar-refractivity contribution is 5.94. The van der Waals surface area contributed by atoms with Crippen molar-refractivity contribution in [2.45, 2.75) is 25.4 Å². The van der Waals surface area contributed by atoms with Crippen molar-refractivity contribution in [1.29, 1.82) is 0 Å². The standard InChI is InChI=1S/C14H18N2O4/c1-19-14(18)10-5-6-12(15-8-10)13(17)16-9-11-4-2-3-7-20-11/h5-6,8,11H,2-4,7,9H2,1H3,(H,16,17)/t11-/m0/s1. The Bertz CT molecular complexity index is 467. The van der Waals surface area contributed by atoms with E-state index in [-0.39, 0.29) is 17.7 Å². The van der Waals surface area contributed by atoms with E-state index in [2.05, 4.69) is 15.0 Å². The molecule has 0 aliphatic carbocycles. The Kier molecular flexibility index (Phi) is 5.06. The van der Waals surface area contributed by atoms with Gasteiger partial charge in [-0.1, -0.05) is 0 Å². The Balaban J connectivity index is 1.87. The molecule has 1 aromatic rings. The fraction of sp³-hybridized carbons (Fsp3) is 0.500. The minimum absolute atomic E-state index is 0.0852. The molecular formula is C14H18N2O4. The van der Waals surface area contributed by atoms with Crippen LogP contribution in [0.25, 0.3) is 0 Å². The second kappa shape index (κ2) is 7.00. The van der Waals surface area contributed by atoms with Crippen LogP contribution in [0.2, 0.25) is 0 Å². The van der Waals surface area contributed by atoms with Crippen molar-refractivity contribution < 1.29 is 19.1 Å². The minimum atomic E-state index is -0.472. The van der Waals surface area contributed by atoms with Gasteiger partial charge in [-0.25, -0.2) is 4.79 Å². The Morgan fingerprint density at radius 1 is 1.45 bits per heavy atom. The van der Waals surface area contributed by atoms with Crippen molar-refractivity contribution in [3.63, 3.8) is 0 Å². The normalized spacial score (nSPS) is 18.4. The van der Waals surface area contributed by atoms with Gasteiger partial charge >= 0.3 is 5.97 Å². The van der Waals surface area contributed by atoms with Crippen molar-refractivity contribution in [2.24, 2.45) is 0 Å². The number of nitrogens with zero attached hydrogens (tertiary/aromatic N) is 1. The van der Waals surface area contributed by atoms with Crippen LogP contribution in [-0.2, 0) is 9.47 Å². The maximum atomic E-state index is 11.9. The first-order chi connectivity index (χ1) is 9.70. The number of rotatable bonds is 4. The molecule has 1 fully saturated rings. The molecule has 0 radical (unpaired) electrons. The van der Waals surface area contributed by atoms with Crippen LogP contribution in [0.1, 0.15) is 40.1 Å². The van der Waals surface area contributed by atoms with Crippen LogP contribution in [0.4, 0.5) is 0 Å². The lowest BCUT2D eigenvalue weighted by atomic mass is 10.1. The minimum Gasteiger partial charge on any atom is -0.465 e. The number of nitrogens with one attached hydrogen (secondary N) is 1. The number of aromatic nitrogens is 1. The number of amides is 1. The van der Waals surface area contributed by atoms with E-state index in [0.29, 0.717) is 12.1 Å². The molecule has 1 aromatic heterocycles. The molecule has 6 heteroatoms. The zero-order valence-electron chi connectivity index (χ0n) is 11.4. The topological polar surface area (TPSA) is 77.5 Å². The largest absolute Gasteiger partial charge is 0.465 e. The number of carbonyl (C=O) groups excluding carboxylic acids is 2. The molecule has 0 spiro atoms. The molecule has 1 amide bonds. The summed E-state index contributed by atoms with van der Waals surface area (Å²) in [6.07, 6.45) is 4.60. The lowest BCUT2D eigenvalue weighted by Crippen LogP contribution is -2.35. The van der Waals surface area contributed by atoms with Gasteiger partial charge < -0.3 is 14.8 Å². The molecule has 0 bridgehead atoms. The van der Waals surface area contributed by atoms with Crippen LogP contribution in [0.3, 0.4) is 0 Å². The van der Waals surface area contributed by atoms with E-state index in [0.717, 1.165) is 25.9 Å². The van der Waals surface area contributed by atoms with Crippen LogP contribution in [0, 0.1) is 0 Å². The summed E-state index contributed by atoms with van der Waals surface area (Å²) in [4.78, 5) is 27.1. The van der Waals surface area contributed by atoms with Gasteiger partial charge in [-0.15, -0.1) is 0 Å². The van der Waals surface area contributed by atoms with Crippen molar-refractivity contribution in [2.75, 3.05) is 20.3 Å². The highest BCUT2D eigenvalue weighted by Crippen LogP contribution is 2.11. The second-order valence-corrected chi connectivity index (χ2v) is 4.62. The summed E-state index contributed by atoms with van der Waals surface area (Å²) in [5.74, 6) is -0.740. The first-order valence-corrected chi connectivity index (χ1v) is 6.65. The fourth-order valence-corrected chi connectivity index (χ4v) is 2.03. The predicted molar refractivity (Wildman–Crippen MR) is 71.5 cm³/mol. The number of pyridine rings is 1. The summed E-state index contributed by atoms with van der Waals surface area (Å²) in [5.41, 5.74) is 0.591. The van der Waals surface area contributed by atoms with E-state index in [9.17, 15) is 9.59 Å². The Hall–Kier alpha value is -1.95. The molecule has 1 N–H and O–H groups in total. The molecule has 0 saturated carbocycles. The first kappa shape index (κ1) is 14.5. The van der Waals surface area contributed by atoms with Crippen LogP contribution in [-0.4, -0.2) is 43.2 Å². The zero-order chi connectivity index (χ0) is 14.4. The van der Waals surface area contributed by atoms with E-state index in [1.165, 1.54) is 25.4 Å². The summed E-state index contributed by atoms with van der Waals surface area (Å²) in [5, 5.41) is 2.79. The molecule has 1 aliphatic rings. The fourth-order valence-electron chi connectivity index (χ4n) is 2.03. The van der Waals surface area contributed by atoms with Crippen LogP contribution < -0.4 is 5.32 Å². The Morgan fingerprint density at radius 2 is 2.30 bits per heavy atom. The van der Waals surface area contributed by atoms with Gasteiger partial charge in [-0.2, -0.15) is 0 Å². The molecule has 1 aliphatic heterocycles. The van der Waals surface area contributed by atoms with E-state index in [1.807, 2.05) is 0 Å². The quantitative estimate of drug-likeness (QED) is 0.836. The number of hydrogen-bond acceptors (Lipinski definition) is 5. The van der Waals surface area contributed by atoms with E-state index < -0.39 is 5.97 Å². The third-order valence-corrected chi connectivity index (χ3v) is 3.18. The van der Waals surface area contributed by atoms with Crippen molar-refractivity contribution in [1.82, 2.24) is 10.3 Å². The highest BCUT2D eigenvalue weighted by atomic mass is 16.5. The average molecular weight is 278 g/mol. The SMILES string of the molecule is COC(=O)c1ccc(C(=O)NC[C@@H]2CCCCO2)nc1. The lowest BCUT2D eigenvalue weighted by Gasteiger charge is -2.22. The average Bonchev–Trinajstić information content (AvgIpc) is 2.53. The van der Waals surface area contributed by atoms with Gasteiger partial charge in [0.25, 0.3) is 5.91 Å². The van der Waals surface area contributed by atoms with E-state index >= 15 is 0 Å². The number of methoxy groups -OCH3 is 1. The Labute approximate surface area is 117 Å². The smallest absolute Gasteiger partial charge is 0.339 e. The van der Waals surface area contributed by atoms with Crippen molar-refractivity contribution in [3.8, 4) is 0 Å². The summed E-state index contributed by atoms with van der Waals surface area (Å²) < 4.78 is 10.1. The van der Waals surface area contributed by atoms with Gasteiger partial charge in [0.15, 0.2) is 0 Å². The maximum Gasteiger partial charge on any atom is 0.339 e. The molecule has 1 saturated heterocycles. The first-order valence-electron chi connectivity index (χ1n) is 6.65. The van der Waals surface area contributed by atoms with Crippen molar-refractivity contribution >= 4 is 11.9 Å². The molecule has 0 aromatic carbocycles. The molecule has 2 heterocycles.